The first-order chi connectivity index (χ1) is 18.1. The van der Waals surface area contributed by atoms with Gasteiger partial charge in [-0.25, -0.2) is 0 Å². The summed E-state index contributed by atoms with van der Waals surface area (Å²) in [5, 5.41) is 2.84. The SMILES string of the molecule is CC1=C(C)N2C3CCCCC3N3c4ccccc4N4c5cccc6c5[P@@](c5c(cccc5N1[C@@H]2C)O6)C43. The number of rotatable bonds is 0. The number of nitrogens with zero attached hydrogens (tertiary/aromatic N) is 4. The van der Waals surface area contributed by atoms with E-state index in [4.69, 9.17) is 4.74 Å². The second-order valence-corrected chi connectivity index (χ2v) is 13.4. The zero-order valence-corrected chi connectivity index (χ0v) is 22.5. The monoisotopic (exact) mass is 506 g/mol. The molecule has 3 unspecified atom stereocenters. The number of hydrogen-bond acceptors (Lipinski definition) is 5. The van der Waals surface area contributed by atoms with Crippen molar-refractivity contribution in [1.82, 2.24) is 4.90 Å². The van der Waals surface area contributed by atoms with E-state index in [-0.39, 0.29) is 12.1 Å². The predicted molar refractivity (Wildman–Crippen MR) is 152 cm³/mol. The maximum Gasteiger partial charge on any atom is 0.137 e. The molecule has 5 aliphatic heterocycles. The number of anilines is 4. The predicted octanol–water partition coefficient (Wildman–Crippen LogP) is 6.52. The lowest BCUT2D eigenvalue weighted by molar-refractivity contribution is 0.147. The van der Waals surface area contributed by atoms with Gasteiger partial charge in [-0.2, -0.15) is 0 Å². The first-order valence-electron chi connectivity index (χ1n) is 13.8. The first-order valence-corrected chi connectivity index (χ1v) is 15.2. The van der Waals surface area contributed by atoms with Crippen molar-refractivity contribution in [2.45, 2.75) is 70.6 Å². The van der Waals surface area contributed by atoms with E-state index in [0.29, 0.717) is 12.1 Å². The van der Waals surface area contributed by atoms with Crippen LogP contribution in [0.1, 0.15) is 46.5 Å². The summed E-state index contributed by atoms with van der Waals surface area (Å²) in [7, 11) is -0.693. The molecule has 37 heavy (non-hydrogen) atoms. The Bertz CT molecular complexity index is 1530. The fourth-order valence-electron chi connectivity index (χ4n) is 8.32. The maximum absolute atomic E-state index is 6.72. The largest absolute Gasteiger partial charge is 0.456 e. The molecule has 0 spiro atoms. The zero-order chi connectivity index (χ0) is 24.6. The fourth-order valence-corrected chi connectivity index (χ4v) is 11.6. The van der Waals surface area contributed by atoms with Crippen LogP contribution in [0.3, 0.4) is 0 Å². The summed E-state index contributed by atoms with van der Waals surface area (Å²) < 4.78 is 6.72. The lowest BCUT2D eigenvalue weighted by Gasteiger charge is -2.50. The van der Waals surface area contributed by atoms with Crippen LogP contribution in [0.4, 0.5) is 22.7 Å². The van der Waals surface area contributed by atoms with Crippen LogP contribution in [0.2, 0.25) is 0 Å². The van der Waals surface area contributed by atoms with Gasteiger partial charge in [0, 0.05) is 19.3 Å². The van der Waals surface area contributed by atoms with Gasteiger partial charge < -0.3 is 24.3 Å². The Balaban J connectivity index is 1.41. The van der Waals surface area contributed by atoms with Gasteiger partial charge >= 0.3 is 0 Å². The fraction of sp³-hybridized carbons (Fsp3) is 0.355. The van der Waals surface area contributed by atoms with Crippen molar-refractivity contribution in [1.29, 1.82) is 0 Å². The highest BCUT2D eigenvalue weighted by molar-refractivity contribution is 7.75. The molecule has 0 radical (unpaired) electrons. The van der Waals surface area contributed by atoms with Gasteiger partial charge in [0.2, 0.25) is 0 Å². The number of allylic oxidation sites excluding steroid dienone is 2. The van der Waals surface area contributed by atoms with Gasteiger partial charge in [0.1, 0.15) is 23.6 Å². The minimum absolute atomic E-state index is 0.286. The van der Waals surface area contributed by atoms with E-state index in [2.05, 4.69) is 101 Å². The van der Waals surface area contributed by atoms with Crippen molar-refractivity contribution < 1.29 is 4.74 Å². The van der Waals surface area contributed by atoms with Gasteiger partial charge in [0.15, 0.2) is 0 Å². The van der Waals surface area contributed by atoms with Gasteiger partial charge in [0.05, 0.1) is 45.4 Å². The molecule has 186 valence electrons. The van der Waals surface area contributed by atoms with Crippen molar-refractivity contribution in [2.24, 2.45) is 0 Å². The lowest BCUT2D eigenvalue weighted by atomic mass is 9.87. The number of hydrogen-bond donors (Lipinski definition) is 0. The van der Waals surface area contributed by atoms with E-state index >= 15 is 0 Å². The molecule has 5 nitrogen and oxygen atoms in total. The molecule has 0 amide bonds. The van der Waals surface area contributed by atoms with Gasteiger partial charge in [-0.3, -0.25) is 0 Å². The maximum atomic E-state index is 6.72. The summed E-state index contributed by atoms with van der Waals surface area (Å²) in [4.78, 5) is 10.9. The molecule has 0 saturated heterocycles. The molecule has 5 heterocycles. The number of fused-ring (bicyclic) bond motifs is 10. The topological polar surface area (TPSA) is 22.2 Å². The molecule has 1 saturated carbocycles. The van der Waals surface area contributed by atoms with Crippen LogP contribution < -0.4 is 30.0 Å². The van der Waals surface area contributed by atoms with Gasteiger partial charge in [0.25, 0.3) is 0 Å². The normalized spacial score (nSPS) is 29.8. The van der Waals surface area contributed by atoms with E-state index in [9.17, 15) is 0 Å². The molecule has 1 aliphatic carbocycles. The van der Waals surface area contributed by atoms with Gasteiger partial charge in [-0.15, -0.1) is 0 Å². The second-order valence-electron chi connectivity index (χ2n) is 11.3. The van der Waals surface area contributed by atoms with Crippen molar-refractivity contribution in [3.8, 4) is 11.5 Å². The molecule has 0 aromatic heterocycles. The average molecular weight is 507 g/mol. The molecule has 2 bridgehead atoms. The molecule has 5 atom stereocenters. The molecular formula is C31H31N4OP. The molecule has 9 rings (SSSR count). The highest BCUT2D eigenvalue weighted by atomic mass is 31.1. The first kappa shape index (κ1) is 20.8. The third-order valence-corrected chi connectivity index (χ3v) is 12.6. The number of ether oxygens (including phenoxy) is 1. The van der Waals surface area contributed by atoms with Crippen LogP contribution >= 0.6 is 7.92 Å². The van der Waals surface area contributed by atoms with Crippen LogP contribution in [-0.4, -0.2) is 29.1 Å². The second kappa shape index (κ2) is 7.02. The van der Waals surface area contributed by atoms with Crippen LogP contribution in [0.15, 0.2) is 72.1 Å². The molecule has 1 fully saturated rings. The summed E-state index contributed by atoms with van der Waals surface area (Å²) in [5.41, 5.74) is 8.27. The molecule has 0 N–H and O–H groups in total. The Morgan fingerprint density at radius 2 is 1.27 bits per heavy atom. The Labute approximate surface area is 219 Å². The van der Waals surface area contributed by atoms with E-state index in [1.807, 2.05) is 0 Å². The highest BCUT2D eigenvalue weighted by Gasteiger charge is 2.57. The summed E-state index contributed by atoms with van der Waals surface area (Å²) in [6.45, 7) is 7.10. The van der Waals surface area contributed by atoms with Gasteiger partial charge in [-0.05, 0) is 70.0 Å². The molecule has 3 aromatic carbocycles. The highest BCUT2D eigenvalue weighted by Crippen LogP contribution is 2.67. The van der Waals surface area contributed by atoms with Crippen LogP contribution in [0, 0.1) is 0 Å². The van der Waals surface area contributed by atoms with E-state index in [1.165, 1.54) is 70.4 Å². The van der Waals surface area contributed by atoms with E-state index in [0.717, 1.165) is 11.5 Å². The summed E-state index contributed by atoms with van der Waals surface area (Å²) >= 11 is 0. The van der Waals surface area contributed by atoms with Crippen LogP contribution in [0.5, 0.6) is 11.5 Å². The molecule has 6 aliphatic rings. The van der Waals surface area contributed by atoms with E-state index in [1.54, 1.807) is 0 Å². The smallest absolute Gasteiger partial charge is 0.137 e. The number of benzene rings is 3. The minimum atomic E-state index is -0.693. The summed E-state index contributed by atoms with van der Waals surface area (Å²) in [6.07, 6.45) is 5.41. The van der Waals surface area contributed by atoms with Crippen molar-refractivity contribution in [2.75, 3.05) is 14.7 Å². The van der Waals surface area contributed by atoms with Crippen molar-refractivity contribution >= 4 is 41.3 Å². The summed E-state index contributed by atoms with van der Waals surface area (Å²) in [5.74, 6) is 2.38. The summed E-state index contributed by atoms with van der Waals surface area (Å²) in [6, 6.07) is 23.6. The Morgan fingerprint density at radius 1 is 0.676 bits per heavy atom. The van der Waals surface area contributed by atoms with Crippen LogP contribution in [0.25, 0.3) is 0 Å². The van der Waals surface area contributed by atoms with Crippen molar-refractivity contribution in [3.63, 3.8) is 0 Å². The lowest BCUT2D eigenvalue weighted by Crippen LogP contribution is -2.59. The molecule has 3 aromatic rings. The third-order valence-electron chi connectivity index (χ3n) is 9.76. The molecule has 6 heteroatoms. The molecular weight excluding hydrogens is 475 g/mol. The quantitative estimate of drug-likeness (QED) is 0.323. The van der Waals surface area contributed by atoms with Crippen molar-refractivity contribution in [3.05, 3.63) is 72.1 Å². The van der Waals surface area contributed by atoms with Crippen LogP contribution in [-0.2, 0) is 0 Å². The average Bonchev–Trinajstić information content (AvgIpc) is 3.50. The van der Waals surface area contributed by atoms with Gasteiger partial charge in [-0.1, -0.05) is 37.1 Å². The third kappa shape index (κ3) is 2.37. The number of para-hydroxylation sites is 2. The Hall–Kier alpha value is -3.17. The Morgan fingerprint density at radius 3 is 1.97 bits per heavy atom. The standard InChI is InChI=1S/C31H31N4OP/c1-18-19(2)33-20(3)32(18)21-10-4-5-11-22(21)34-23-12-6-7-13-24(23)35-26-15-9-17-28-30(26)37(31(34)35)29-25(33)14-8-16-27(29)36-28/h6-9,12-17,20-22,31H,4-5,10-11H2,1-3H3/t20-,21?,22?,31?,37-/m1/s1. The Kier molecular flexibility index (Phi) is 3.95. The minimum Gasteiger partial charge on any atom is -0.456 e. The van der Waals surface area contributed by atoms with E-state index < -0.39 is 7.92 Å². The zero-order valence-electron chi connectivity index (χ0n) is 21.6.